The van der Waals surface area contributed by atoms with Gasteiger partial charge >= 0.3 is 7.12 Å². The van der Waals surface area contributed by atoms with Gasteiger partial charge in [-0.05, 0) is 35.6 Å². The molecule has 14 heavy (non-hydrogen) atoms. The topological polar surface area (TPSA) is 56.2 Å². The van der Waals surface area contributed by atoms with Crippen LogP contribution in [0, 0.1) is 0 Å². The van der Waals surface area contributed by atoms with Crippen molar-refractivity contribution >= 4 is 23.6 Å². The summed E-state index contributed by atoms with van der Waals surface area (Å²) in [6.07, 6.45) is 0.984. The molecule has 0 bridgehead atoms. The Kier molecular flexibility index (Phi) is 2.31. The highest BCUT2D eigenvalue weighted by Crippen LogP contribution is 2.13. The summed E-state index contributed by atoms with van der Waals surface area (Å²) in [7, 11) is -1.42. The minimum Gasteiger partial charge on any atom is -0.422 e. The molecule has 0 spiro atoms. The Balaban J connectivity index is 2.54. The molecule has 4 heteroatoms. The van der Waals surface area contributed by atoms with Gasteiger partial charge in [0.2, 0.25) is 0 Å². The minimum atomic E-state index is -1.42. The van der Waals surface area contributed by atoms with Crippen LogP contribution in [0.1, 0.15) is 12.5 Å². The van der Waals surface area contributed by atoms with Crippen molar-refractivity contribution in [3.05, 3.63) is 29.8 Å². The van der Waals surface area contributed by atoms with Crippen LogP contribution in [-0.2, 0) is 6.42 Å². The van der Waals surface area contributed by atoms with Gasteiger partial charge < -0.3 is 15.0 Å². The first-order chi connectivity index (χ1) is 6.70. The van der Waals surface area contributed by atoms with E-state index in [2.05, 4.69) is 18.0 Å². The van der Waals surface area contributed by atoms with Crippen molar-refractivity contribution < 1.29 is 10.0 Å². The molecule has 3 N–H and O–H groups in total. The van der Waals surface area contributed by atoms with E-state index in [1.807, 2.05) is 12.1 Å². The van der Waals surface area contributed by atoms with E-state index < -0.39 is 7.12 Å². The summed E-state index contributed by atoms with van der Waals surface area (Å²) in [5.74, 6) is 0. The summed E-state index contributed by atoms with van der Waals surface area (Å²) < 4.78 is 0. The van der Waals surface area contributed by atoms with Crippen molar-refractivity contribution in [1.82, 2.24) is 4.98 Å². The first-order valence-electron chi connectivity index (χ1n) is 4.68. The summed E-state index contributed by atoms with van der Waals surface area (Å²) in [5.41, 5.74) is 2.62. The quantitative estimate of drug-likeness (QED) is 0.599. The molecule has 0 fully saturated rings. The summed E-state index contributed by atoms with van der Waals surface area (Å²) in [4.78, 5) is 2.95. The van der Waals surface area contributed by atoms with Gasteiger partial charge in [-0.15, -0.1) is 0 Å². The lowest BCUT2D eigenvalue weighted by molar-refractivity contribution is 0.424. The van der Waals surface area contributed by atoms with Crippen molar-refractivity contribution in [2.75, 3.05) is 0 Å². The van der Waals surface area contributed by atoms with E-state index in [1.54, 1.807) is 6.07 Å². The zero-order valence-corrected chi connectivity index (χ0v) is 7.99. The van der Waals surface area contributed by atoms with Gasteiger partial charge in [-0.3, -0.25) is 0 Å². The highest BCUT2D eigenvalue weighted by molar-refractivity contribution is 6.58. The smallest absolute Gasteiger partial charge is 0.422 e. The molecule has 0 aliphatic rings. The zero-order valence-electron chi connectivity index (χ0n) is 7.99. The van der Waals surface area contributed by atoms with Crippen LogP contribution in [0.3, 0.4) is 0 Å². The monoisotopic (exact) mass is 189 g/mol. The first-order valence-corrected chi connectivity index (χ1v) is 4.68. The maximum atomic E-state index is 8.98. The highest BCUT2D eigenvalue weighted by atomic mass is 16.4. The van der Waals surface area contributed by atoms with Gasteiger partial charge in [-0.25, -0.2) is 0 Å². The van der Waals surface area contributed by atoms with Gasteiger partial charge in [0.05, 0.1) is 0 Å². The maximum Gasteiger partial charge on any atom is 0.505 e. The Labute approximate surface area is 82.5 Å². The molecule has 0 atom stereocenters. The zero-order chi connectivity index (χ0) is 10.1. The molecule has 0 saturated carbocycles. The molecular formula is C10H12BNO2. The molecule has 2 rings (SSSR count). The lowest BCUT2D eigenvalue weighted by atomic mass is 9.86. The number of benzene rings is 1. The molecule has 1 heterocycles. The Morgan fingerprint density at radius 2 is 2.07 bits per heavy atom. The highest BCUT2D eigenvalue weighted by Gasteiger charge is 2.13. The van der Waals surface area contributed by atoms with Gasteiger partial charge in [0.1, 0.15) is 0 Å². The molecule has 0 aliphatic heterocycles. The third-order valence-electron chi connectivity index (χ3n) is 2.39. The number of aromatic amines is 1. The second kappa shape index (κ2) is 3.48. The van der Waals surface area contributed by atoms with Crippen molar-refractivity contribution in [3.63, 3.8) is 0 Å². The Hall–Kier alpha value is -1.26. The fourth-order valence-electron chi connectivity index (χ4n) is 1.56. The molecule has 0 unspecified atom stereocenters. The van der Waals surface area contributed by atoms with Crippen LogP contribution < -0.4 is 5.59 Å². The van der Waals surface area contributed by atoms with Crippen molar-refractivity contribution in [3.8, 4) is 0 Å². The normalized spacial score (nSPS) is 10.8. The average Bonchev–Trinajstić information content (AvgIpc) is 2.59. The van der Waals surface area contributed by atoms with Crippen molar-refractivity contribution in [2.24, 2.45) is 0 Å². The molecule has 2 aromatic rings. The molecule has 1 aromatic carbocycles. The van der Waals surface area contributed by atoms with Gasteiger partial charge in [0.15, 0.2) is 0 Å². The molecule has 0 saturated heterocycles. The van der Waals surface area contributed by atoms with E-state index in [1.165, 1.54) is 5.56 Å². The number of rotatable bonds is 2. The Morgan fingerprint density at radius 1 is 1.29 bits per heavy atom. The number of hydrogen-bond donors (Lipinski definition) is 3. The van der Waals surface area contributed by atoms with Crippen LogP contribution in [0.4, 0.5) is 0 Å². The van der Waals surface area contributed by atoms with Crippen LogP contribution in [-0.4, -0.2) is 22.2 Å². The fraction of sp³-hybridized carbons (Fsp3) is 0.200. The number of hydrogen-bond acceptors (Lipinski definition) is 2. The van der Waals surface area contributed by atoms with Crippen LogP contribution in [0.2, 0.25) is 0 Å². The number of H-pyrrole nitrogens is 1. The summed E-state index contributed by atoms with van der Waals surface area (Å²) >= 11 is 0. The van der Waals surface area contributed by atoms with Gasteiger partial charge in [-0.2, -0.15) is 0 Å². The second-order valence-corrected chi connectivity index (χ2v) is 3.37. The molecule has 72 valence electrons. The van der Waals surface area contributed by atoms with Crippen LogP contribution in [0.15, 0.2) is 24.3 Å². The molecule has 0 aliphatic carbocycles. The fourth-order valence-corrected chi connectivity index (χ4v) is 1.56. The van der Waals surface area contributed by atoms with E-state index in [4.69, 9.17) is 10.0 Å². The molecule has 3 nitrogen and oxygen atoms in total. The number of fused-ring (bicyclic) bond motifs is 1. The van der Waals surface area contributed by atoms with Crippen molar-refractivity contribution in [1.29, 1.82) is 0 Å². The summed E-state index contributed by atoms with van der Waals surface area (Å²) in [6, 6.07) is 7.81. The van der Waals surface area contributed by atoms with Gasteiger partial charge in [0, 0.05) is 11.1 Å². The Bertz CT molecular complexity index is 450. The summed E-state index contributed by atoms with van der Waals surface area (Å²) in [5, 5.41) is 19.0. The third kappa shape index (κ3) is 1.54. The molecule has 0 amide bonds. The maximum absolute atomic E-state index is 8.98. The van der Waals surface area contributed by atoms with Crippen LogP contribution in [0.5, 0.6) is 0 Å². The van der Waals surface area contributed by atoms with Crippen LogP contribution in [0.25, 0.3) is 10.9 Å². The number of aromatic nitrogens is 1. The van der Waals surface area contributed by atoms with Gasteiger partial charge in [-0.1, -0.05) is 13.0 Å². The van der Waals surface area contributed by atoms with E-state index in [0.29, 0.717) is 5.59 Å². The SMILES string of the molecule is CCc1ccc2[nH]c(B(O)O)cc2c1. The van der Waals surface area contributed by atoms with E-state index >= 15 is 0 Å². The summed E-state index contributed by atoms with van der Waals surface area (Å²) in [6.45, 7) is 2.09. The standard InChI is InChI=1S/C10H12BNO2/c1-2-7-3-4-9-8(5-7)6-10(12-9)11(13)14/h3-6,12-14H,2H2,1H3. The Morgan fingerprint density at radius 3 is 2.71 bits per heavy atom. The van der Waals surface area contributed by atoms with Gasteiger partial charge in [0.25, 0.3) is 0 Å². The predicted molar refractivity (Wildman–Crippen MR) is 57.5 cm³/mol. The lowest BCUT2D eigenvalue weighted by Crippen LogP contribution is -2.30. The van der Waals surface area contributed by atoms with E-state index in [-0.39, 0.29) is 0 Å². The van der Waals surface area contributed by atoms with E-state index in [0.717, 1.165) is 17.3 Å². The van der Waals surface area contributed by atoms with Crippen molar-refractivity contribution in [2.45, 2.75) is 13.3 Å². The lowest BCUT2D eigenvalue weighted by Gasteiger charge is -1.94. The third-order valence-corrected chi connectivity index (χ3v) is 2.39. The average molecular weight is 189 g/mol. The number of aryl methyl sites for hydroxylation is 1. The van der Waals surface area contributed by atoms with E-state index in [9.17, 15) is 0 Å². The molecule has 1 aromatic heterocycles. The van der Waals surface area contributed by atoms with Crippen LogP contribution >= 0.6 is 0 Å². The second-order valence-electron chi connectivity index (χ2n) is 3.37. The molecule has 0 radical (unpaired) electrons. The number of nitrogens with one attached hydrogen (secondary N) is 1. The largest absolute Gasteiger partial charge is 0.505 e. The molecular weight excluding hydrogens is 177 g/mol. The predicted octanol–water partition coefficient (Wildman–Crippen LogP) is 0.410. The first kappa shape index (κ1) is 9.31. The minimum absolute atomic E-state index is 0.438.